The summed E-state index contributed by atoms with van der Waals surface area (Å²) >= 11 is 1.84. The first kappa shape index (κ1) is 15.4. The number of carbonyl (C=O) groups is 1. The number of nitrogens with zero attached hydrogens (tertiary/aromatic N) is 4. The highest BCUT2D eigenvalue weighted by molar-refractivity contribution is 8.14. The molecule has 1 atom stereocenters. The van der Waals surface area contributed by atoms with Gasteiger partial charge in [0.05, 0.1) is 18.7 Å². The van der Waals surface area contributed by atoms with Crippen LogP contribution in [0.15, 0.2) is 9.52 Å². The summed E-state index contributed by atoms with van der Waals surface area (Å²) < 4.78 is 5.13. The van der Waals surface area contributed by atoms with Gasteiger partial charge in [-0.3, -0.25) is 9.79 Å². The number of thioether (sulfide) groups is 1. The van der Waals surface area contributed by atoms with Gasteiger partial charge >= 0.3 is 0 Å². The molecular formula is C15H22N4O2S. The summed E-state index contributed by atoms with van der Waals surface area (Å²) in [5.74, 6) is 0.901. The first-order chi connectivity index (χ1) is 10.5. The maximum atomic E-state index is 12.5. The van der Waals surface area contributed by atoms with Crippen molar-refractivity contribution in [2.24, 2.45) is 4.99 Å². The van der Waals surface area contributed by atoms with Crippen LogP contribution in [0.5, 0.6) is 0 Å². The standard InChI is InChI=1S/C15H22N4O2S/c1-10-9-16-15(22-10)19-6-4-18(5-7-19)14(20)8-13-11(2)17-21-12(13)3/h10H,4-9H2,1-3H3/t10-/m1/s1. The number of amides is 1. The second-order valence-electron chi connectivity index (χ2n) is 5.90. The maximum Gasteiger partial charge on any atom is 0.227 e. The summed E-state index contributed by atoms with van der Waals surface area (Å²) in [4.78, 5) is 21.3. The Morgan fingerprint density at radius 2 is 2.05 bits per heavy atom. The van der Waals surface area contributed by atoms with Gasteiger partial charge in [-0.15, -0.1) is 0 Å². The Balaban J connectivity index is 1.54. The molecule has 120 valence electrons. The van der Waals surface area contributed by atoms with Crippen molar-refractivity contribution >= 4 is 22.8 Å². The lowest BCUT2D eigenvalue weighted by Gasteiger charge is -2.35. The lowest BCUT2D eigenvalue weighted by Crippen LogP contribution is -2.50. The fraction of sp³-hybridized carbons (Fsp3) is 0.667. The molecule has 2 aliphatic heterocycles. The summed E-state index contributed by atoms with van der Waals surface area (Å²) in [5, 5.41) is 5.64. The smallest absolute Gasteiger partial charge is 0.227 e. The lowest BCUT2D eigenvalue weighted by molar-refractivity contribution is -0.131. The van der Waals surface area contributed by atoms with Gasteiger partial charge in [-0.05, 0) is 13.8 Å². The number of hydrogen-bond acceptors (Lipinski definition) is 6. The monoisotopic (exact) mass is 322 g/mol. The fourth-order valence-electron chi connectivity index (χ4n) is 2.80. The first-order valence-electron chi connectivity index (χ1n) is 7.70. The summed E-state index contributed by atoms with van der Waals surface area (Å²) in [6.45, 7) is 10.1. The topological polar surface area (TPSA) is 61.9 Å². The van der Waals surface area contributed by atoms with Gasteiger partial charge in [-0.1, -0.05) is 23.8 Å². The molecular weight excluding hydrogens is 300 g/mol. The molecule has 0 unspecified atom stereocenters. The molecule has 7 heteroatoms. The number of aliphatic imine (C=N–C) groups is 1. The average molecular weight is 322 g/mol. The quantitative estimate of drug-likeness (QED) is 0.825. The molecule has 0 spiro atoms. The number of rotatable bonds is 2. The van der Waals surface area contributed by atoms with Crippen molar-refractivity contribution in [2.75, 3.05) is 32.7 Å². The third-order valence-corrected chi connectivity index (χ3v) is 5.35. The van der Waals surface area contributed by atoms with E-state index in [0.717, 1.165) is 54.9 Å². The molecule has 22 heavy (non-hydrogen) atoms. The van der Waals surface area contributed by atoms with Crippen LogP contribution in [-0.4, -0.2) is 64.0 Å². The molecule has 0 N–H and O–H groups in total. The van der Waals surface area contributed by atoms with E-state index in [-0.39, 0.29) is 5.91 Å². The van der Waals surface area contributed by atoms with Crippen molar-refractivity contribution in [3.8, 4) is 0 Å². The van der Waals surface area contributed by atoms with E-state index in [9.17, 15) is 4.79 Å². The number of aryl methyl sites for hydroxylation is 2. The number of piperazine rings is 1. The molecule has 0 aromatic carbocycles. The highest BCUT2D eigenvalue weighted by Gasteiger charge is 2.27. The molecule has 1 aromatic heterocycles. The normalized spacial score (nSPS) is 22.1. The van der Waals surface area contributed by atoms with Crippen molar-refractivity contribution in [1.82, 2.24) is 15.0 Å². The van der Waals surface area contributed by atoms with Crippen molar-refractivity contribution in [1.29, 1.82) is 0 Å². The predicted molar refractivity (Wildman–Crippen MR) is 87.2 cm³/mol. The number of amidine groups is 1. The lowest BCUT2D eigenvalue weighted by atomic mass is 10.1. The van der Waals surface area contributed by atoms with Gasteiger partial charge in [0, 0.05) is 37.0 Å². The highest BCUT2D eigenvalue weighted by Crippen LogP contribution is 2.24. The van der Waals surface area contributed by atoms with Gasteiger partial charge in [-0.25, -0.2) is 0 Å². The summed E-state index contributed by atoms with van der Waals surface area (Å²) in [7, 11) is 0. The van der Waals surface area contributed by atoms with Gasteiger partial charge in [0.1, 0.15) is 5.76 Å². The third-order valence-electron chi connectivity index (χ3n) is 4.20. The Labute approximate surface area is 134 Å². The second-order valence-corrected chi connectivity index (χ2v) is 7.30. The zero-order valence-electron chi connectivity index (χ0n) is 13.3. The maximum absolute atomic E-state index is 12.5. The van der Waals surface area contributed by atoms with Gasteiger partial charge in [-0.2, -0.15) is 0 Å². The molecule has 3 rings (SSSR count). The first-order valence-corrected chi connectivity index (χ1v) is 8.58. The molecule has 3 heterocycles. The zero-order chi connectivity index (χ0) is 15.7. The largest absolute Gasteiger partial charge is 0.361 e. The Morgan fingerprint density at radius 3 is 2.59 bits per heavy atom. The summed E-state index contributed by atoms with van der Waals surface area (Å²) in [6.07, 6.45) is 0.383. The van der Waals surface area contributed by atoms with Crippen molar-refractivity contribution in [2.45, 2.75) is 32.4 Å². The van der Waals surface area contributed by atoms with Crippen LogP contribution in [0.3, 0.4) is 0 Å². The van der Waals surface area contributed by atoms with Crippen LogP contribution < -0.4 is 0 Å². The van der Waals surface area contributed by atoms with E-state index in [1.165, 1.54) is 0 Å². The van der Waals surface area contributed by atoms with Gasteiger partial charge < -0.3 is 14.3 Å². The van der Waals surface area contributed by atoms with E-state index < -0.39 is 0 Å². The number of carbonyl (C=O) groups excluding carboxylic acids is 1. The molecule has 1 saturated heterocycles. The van der Waals surface area contributed by atoms with Gasteiger partial charge in [0.25, 0.3) is 0 Å². The molecule has 0 radical (unpaired) electrons. The average Bonchev–Trinajstić information content (AvgIpc) is 3.08. The van der Waals surface area contributed by atoms with Crippen molar-refractivity contribution in [3.63, 3.8) is 0 Å². The Morgan fingerprint density at radius 1 is 1.32 bits per heavy atom. The minimum atomic E-state index is 0.156. The van der Waals surface area contributed by atoms with Crippen LogP contribution in [0, 0.1) is 13.8 Å². The minimum Gasteiger partial charge on any atom is -0.361 e. The molecule has 0 bridgehead atoms. The van der Waals surface area contributed by atoms with E-state index in [1.54, 1.807) is 0 Å². The number of aromatic nitrogens is 1. The van der Waals surface area contributed by atoms with Crippen LogP contribution in [0.1, 0.15) is 23.9 Å². The van der Waals surface area contributed by atoms with Crippen LogP contribution in [0.2, 0.25) is 0 Å². The Hall–Kier alpha value is -1.50. The van der Waals surface area contributed by atoms with Crippen molar-refractivity contribution in [3.05, 3.63) is 17.0 Å². The third kappa shape index (κ3) is 3.14. The molecule has 1 amide bonds. The van der Waals surface area contributed by atoms with E-state index in [0.29, 0.717) is 11.7 Å². The van der Waals surface area contributed by atoms with E-state index in [4.69, 9.17) is 4.52 Å². The van der Waals surface area contributed by atoms with Crippen LogP contribution in [0.25, 0.3) is 0 Å². The van der Waals surface area contributed by atoms with E-state index in [1.807, 2.05) is 30.5 Å². The molecule has 1 aromatic rings. The van der Waals surface area contributed by atoms with E-state index in [2.05, 4.69) is 22.0 Å². The predicted octanol–water partition coefficient (Wildman–Crippen LogP) is 1.47. The second kappa shape index (κ2) is 6.32. The van der Waals surface area contributed by atoms with Crippen LogP contribution in [-0.2, 0) is 11.2 Å². The Bertz CT molecular complexity index is 571. The summed E-state index contributed by atoms with van der Waals surface area (Å²) in [6, 6.07) is 0. The van der Waals surface area contributed by atoms with Crippen LogP contribution >= 0.6 is 11.8 Å². The zero-order valence-corrected chi connectivity index (χ0v) is 14.2. The molecule has 0 aliphatic carbocycles. The molecule has 0 saturated carbocycles. The van der Waals surface area contributed by atoms with Crippen molar-refractivity contribution < 1.29 is 9.32 Å². The molecule has 2 aliphatic rings. The number of hydrogen-bond donors (Lipinski definition) is 0. The molecule has 6 nitrogen and oxygen atoms in total. The van der Waals surface area contributed by atoms with Crippen LogP contribution in [0.4, 0.5) is 0 Å². The molecule has 1 fully saturated rings. The SMILES string of the molecule is Cc1noc(C)c1CC(=O)N1CCN(C2=NC[C@@H](C)S2)CC1. The van der Waals surface area contributed by atoms with E-state index >= 15 is 0 Å². The highest BCUT2D eigenvalue weighted by atomic mass is 32.2. The fourth-order valence-corrected chi connectivity index (χ4v) is 3.79. The Kier molecular flexibility index (Phi) is 4.42. The van der Waals surface area contributed by atoms with Gasteiger partial charge in [0.15, 0.2) is 5.17 Å². The summed E-state index contributed by atoms with van der Waals surface area (Å²) in [5.41, 5.74) is 1.74. The van der Waals surface area contributed by atoms with Gasteiger partial charge in [0.2, 0.25) is 5.91 Å². The minimum absolute atomic E-state index is 0.156.